The van der Waals surface area contributed by atoms with Crippen LogP contribution in [0.4, 0.5) is 19.1 Å². The standard InChI is InChI=1S/C25H32F3N5O4S/c26-25(27,28)22-15-30-24(32-23(22)37-20-9-14-36-16-20)31-19-7-12-33(13-8-19)38(34,35)21-3-1-17(2-4-21)18-5-10-29-11-6-18/h1-4,15,18-20,29H,5-14,16H2,(H,30,31,32)/t20-/m0/s1. The molecule has 0 aliphatic carbocycles. The van der Waals surface area contributed by atoms with Crippen LogP contribution < -0.4 is 15.4 Å². The van der Waals surface area contributed by atoms with E-state index in [4.69, 9.17) is 9.47 Å². The van der Waals surface area contributed by atoms with Crippen molar-refractivity contribution in [3.63, 3.8) is 0 Å². The molecule has 3 aliphatic heterocycles. The van der Waals surface area contributed by atoms with Gasteiger partial charge in [-0.15, -0.1) is 0 Å². The van der Waals surface area contributed by atoms with E-state index in [1.54, 1.807) is 12.1 Å². The minimum absolute atomic E-state index is 0.0155. The molecule has 13 heteroatoms. The number of hydrogen-bond donors (Lipinski definition) is 2. The van der Waals surface area contributed by atoms with Crippen molar-refractivity contribution in [2.75, 3.05) is 44.7 Å². The van der Waals surface area contributed by atoms with E-state index in [0.29, 0.717) is 38.0 Å². The summed E-state index contributed by atoms with van der Waals surface area (Å²) in [6.45, 7) is 3.12. The molecule has 1 aromatic carbocycles. The van der Waals surface area contributed by atoms with Crippen molar-refractivity contribution in [1.82, 2.24) is 19.6 Å². The quantitative estimate of drug-likeness (QED) is 0.536. The molecular weight excluding hydrogens is 523 g/mol. The number of nitrogens with one attached hydrogen (secondary N) is 2. The lowest BCUT2D eigenvalue weighted by molar-refractivity contribution is -0.139. The Hall–Kier alpha value is -2.48. The Bertz CT molecular complexity index is 1190. The van der Waals surface area contributed by atoms with Gasteiger partial charge in [-0.1, -0.05) is 12.1 Å². The van der Waals surface area contributed by atoms with Gasteiger partial charge in [-0.3, -0.25) is 0 Å². The summed E-state index contributed by atoms with van der Waals surface area (Å²) in [5.74, 6) is -0.0696. The van der Waals surface area contributed by atoms with Gasteiger partial charge >= 0.3 is 6.18 Å². The maximum absolute atomic E-state index is 13.4. The molecule has 3 aliphatic rings. The van der Waals surface area contributed by atoms with Gasteiger partial charge in [0, 0.05) is 31.7 Å². The number of sulfonamides is 1. The largest absolute Gasteiger partial charge is 0.471 e. The SMILES string of the molecule is O=S(=O)(c1ccc(C2CCNCC2)cc1)N1CCC(Nc2ncc(C(F)(F)F)c(O[C@H]3CCOC3)n2)CC1. The molecular formula is C25H32F3N5O4S. The zero-order chi connectivity index (χ0) is 26.8. The molecule has 1 atom stereocenters. The minimum atomic E-state index is -4.65. The zero-order valence-corrected chi connectivity index (χ0v) is 21.7. The third-order valence-corrected chi connectivity index (χ3v) is 9.25. The Kier molecular flexibility index (Phi) is 8.08. The molecule has 5 rings (SSSR count). The summed E-state index contributed by atoms with van der Waals surface area (Å²) in [7, 11) is -3.64. The summed E-state index contributed by atoms with van der Waals surface area (Å²) < 4.78 is 78.9. The number of rotatable bonds is 7. The van der Waals surface area contributed by atoms with Crippen LogP contribution in [-0.2, 0) is 20.9 Å². The second kappa shape index (κ2) is 11.3. The van der Waals surface area contributed by atoms with Gasteiger partial charge in [0.1, 0.15) is 11.7 Å². The Morgan fingerprint density at radius 3 is 2.39 bits per heavy atom. The van der Waals surface area contributed by atoms with Gasteiger partial charge in [0.25, 0.3) is 0 Å². The van der Waals surface area contributed by atoms with Crippen LogP contribution in [0.5, 0.6) is 5.88 Å². The summed E-state index contributed by atoms with van der Waals surface area (Å²) in [5.41, 5.74) is 0.121. The van der Waals surface area contributed by atoms with Crippen molar-refractivity contribution < 1.29 is 31.1 Å². The number of benzene rings is 1. The average Bonchev–Trinajstić information content (AvgIpc) is 3.42. The Morgan fingerprint density at radius 1 is 1.05 bits per heavy atom. The zero-order valence-electron chi connectivity index (χ0n) is 20.9. The van der Waals surface area contributed by atoms with Crippen molar-refractivity contribution in [3.8, 4) is 5.88 Å². The minimum Gasteiger partial charge on any atom is -0.471 e. The molecule has 0 radical (unpaired) electrons. The van der Waals surface area contributed by atoms with E-state index in [2.05, 4.69) is 20.6 Å². The van der Waals surface area contributed by atoms with E-state index in [1.807, 2.05) is 12.1 Å². The maximum atomic E-state index is 13.4. The van der Waals surface area contributed by atoms with E-state index in [9.17, 15) is 21.6 Å². The fourth-order valence-electron chi connectivity index (χ4n) is 5.12. The number of halogens is 3. The van der Waals surface area contributed by atoms with Crippen molar-refractivity contribution in [2.24, 2.45) is 0 Å². The number of hydrogen-bond acceptors (Lipinski definition) is 8. The normalized spacial score (nSPS) is 22.4. The highest BCUT2D eigenvalue weighted by Gasteiger charge is 2.38. The molecule has 4 heterocycles. The summed E-state index contributed by atoms with van der Waals surface area (Å²) >= 11 is 0. The highest BCUT2D eigenvalue weighted by atomic mass is 32.2. The van der Waals surface area contributed by atoms with Crippen LogP contribution in [0.25, 0.3) is 0 Å². The molecule has 9 nitrogen and oxygen atoms in total. The van der Waals surface area contributed by atoms with Crippen LogP contribution >= 0.6 is 0 Å². The number of aromatic nitrogens is 2. The average molecular weight is 556 g/mol. The van der Waals surface area contributed by atoms with Crippen LogP contribution in [0, 0.1) is 0 Å². The second-order valence-corrected chi connectivity index (χ2v) is 11.9. The Morgan fingerprint density at radius 2 is 1.76 bits per heavy atom. The Labute approximate surface area is 220 Å². The predicted molar refractivity (Wildman–Crippen MR) is 134 cm³/mol. The third kappa shape index (κ3) is 6.22. The monoisotopic (exact) mass is 555 g/mol. The molecule has 0 saturated carbocycles. The van der Waals surface area contributed by atoms with Gasteiger partial charge in [0.15, 0.2) is 0 Å². The van der Waals surface area contributed by atoms with E-state index in [1.165, 1.54) is 4.31 Å². The van der Waals surface area contributed by atoms with Gasteiger partial charge in [0.2, 0.25) is 21.9 Å². The molecule has 2 N–H and O–H groups in total. The van der Waals surface area contributed by atoms with E-state index in [0.717, 1.165) is 31.5 Å². The van der Waals surface area contributed by atoms with E-state index >= 15 is 0 Å². The number of nitrogens with zero attached hydrogens (tertiary/aromatic N) is 3. The van der Waals surface area contributed by atoms with Crippen molar-refractivity contribution >= 4 is 16.0 Å². The van der Waals surface area contributed by atoms with E-state index in [-0.39, 0.29) is 36.6 Å². The lowest BCUT2D eigenvalue weighted by atomic mass is 9.90. The first-order chi connectivity index (χ1) is 18.2. The lowest BCUT2D eigenvalue weighted by Crippen LogP contribution is -2.42. The number of ether oxygens (including phenoxy) is 2. The maximum Gasteiger partial charge on any atom is 0.423 e. The van der Waals surface area contributed by atoms with E-state index < -0.39 is 33.7 Å². The lowest BCUT2D eigenvalue weighted by Gasteiger charge is -2.32. The van der Waals surface area contributed by atoms with Crippen molar-refractivity contribution in [1.29, 1.82) is 0 Å². The fraction of sp³-hybridized carbons (Fsp3) is 0.600. The first kappa shape index (κ1) is 27.1. The first-order valence-electron chi connectivity index (χ1n) is 13.0. The molecule has 1 aromatic heterocycles. The second-order valence-electron chi connectivity index (χ2n) is 9.93. The summed E-state index contributed by atoms with van der Waals surface area (Å²) in [6, 6.07) is 7.00. The third-order valence-electron chi connectivity index (χ3n) is 7.34. The van der Waals surface area contributed by atoms with Crippen LogP contribution in [0.3, 0.4) is 0 Å². The van der Waals surface area contributed by atoms with Gasteiger partial charge in [-0.05, 0) is 62.4 Å². The molecule has 0 amide bonds. The summed E-state index contributed by atoms with van der Waals surface area (Å²) in [4.78, 5) is 8.12. The molecule has 3 fully saturated rings. The smallest absolute Gasteiger partial charge is 0.423 e. The van der Waals surface area contributed by atoms with Gasteiger partial charge in [0.05, 0.1) is 18.1 Å². The molecule has 3 saturated heterocycles. The van der Waals surface area contributed by atoms with Crippen LogP contribution in [-0.4, -0.2) is 74.2 Å². The highest BCUT2D eigenvalue weighted by Crippen LogP contribution is 2.36. The summed E-state index contributed by atoms with van der Waals surface area (Å²) in [5, 5.41) is 6.39. The van der Waals surface area contributed by atoms with Crippen molar-refractivity contribution in [2.45, 2.75) is 61.2 Å². The Balaban J connectivity index is 1.20. The molecule has 0 unspecified atom stereocenters. The molecule has 2 aromatic rings. The topological polar surface area (TPSA) is 106 Å². The first-order valence-corrected chi connectivity index (χ1v) is 14.4. The summed E-state index contributed by atoms with van der Waals surface area (Å²) in [6.07, 6.45) is -0.951. The molecule has 0 spiro atoms. The predicted octanol–water partition coefficient (Wildman–Crippen LogP) is 3.40. The van der Waals surface area contributed by atoms with Crippen molar-refractivity contribution in [3.05, 3.63) is 41.6 Å². The van der Waals surface area contributed by atoms with Crippen LogP contribution in [0.2, 0.25) is 0 Å². The number of anilines is 1. The highest BCUT2D eigenvalue weighted by molar-refractivity contribution is 7.89. The van der Waals surface area contributed by atoms with Crippen LogP contribution in [0.1, 0.15) is 49.1 Å². The number of piperidine rings is 2. The van der Waals surface area contributed by atoms with Gasteiger partial charge in [-0.25, -0.2) is 13.4 Å². The van der Waals surface area contributed by atoms with Crippen LogP contribution in [0.15, 0.2) is 35.4 Å². The molecule has 208 valence electrons. The number of alkyl halides is 3. The fourth-order valence-corrected chi connectivity index (χ4v) is 6.59. The molecule has 0 bridgehead atoms. The molecule has 38 heavy (non-hydrogen) atoms. The van der Waals surface area contributed by atoms with Gasteiger partial charge < -0.3 is 20.1 Å². The van der Waals surface area contributed by atoms with Gasteiger partial charge in [-0.2, -0.15) is 22.5 Å².